The Bertz CT molecular complexity index is 1210. The van der Waals surface area contributed by atoms with Gasteiger partial charge in [-0.2, -0.15) is 0 Å². The molecule has 5 aliphatic rings. The standard InChI is InChI=1S/C30H52O26/c31-1-6-11(32)17(38)22(43)27(53-6)49-3-8-13(34)19(40)24(45)29(55-8)51-5-10-15(36)20(41)25(46)30(56-10)50-4-9-14(35)18(39)23(44)28(54-9)48-2-7-12(33)16(37)21(42)26(47)52-7/h6-47H,1-5H2/t6-,7-,8-,9-,10-,11-,12-,13-,14-,15-,16+,17+,18+,19+,20+,21+,22+,23+,24+,25+,26+,27+,28+,29+,30+/m1/s1. The molecule has 5 saturated heterocycles. The van der Waals surface area contributed by atoms with Crippen LogP contribution in [-0.4, -0.2) is 273 Å². The molecule has 328 valence electrons. The third-order valence-electron chi connectivity index (χ3n) is 10.2. The summed E-state index contributed by atoms with van der Waals surface area (Å²) >= 11 is 0. The molecule has 0 saturated carbocycles. The van der Waals surface area contributed by atoms with E-state index in [0.717, 1.165) is 0 Å². The SMILES string of the molecule is OC[C@H]1O[C@H](OC[C@H]2O[C@H](OC[C@H]3O[C@H](OC[C@H]4O[C@H](OC[C@H]5O[C@H](O)[C@@H](O)[C@@H](O)[C@@H]5O)[C@@H](O)[C@@H](O)[C@@H]4O)[C@@H](O)[C@@H](O)[C@@H]3O)[C@@H](O)[C@@H](O)[C@@H]2O)[C@@H](O)[C@@H](O)[C@@H]1O. The van der Waals surface area contributed by atoms with Crippen molar-refractivity contribution >= 4 is 0 Å². The molecule has 5 aliphatic heterocycles. The molecule has 0 unspecified atom stereocenters. The Labute approximate surface area is 316 Å². The Kier molecular flexibility index (Phi) is 16.1. The Balaban J connectivity index is 1.15. The Morgan fingerprint density at radius 2 is 0.500 bits per heavy atom. The van der Waals surface area contributed by atoms with E-state index in [1.165, 1.54) is 0 Å². The van der Waals surface area contributed by atoms with Crippen LogP contribution in [0.1, 0.15) is 0 Å². The number of hydrogen-bond acceptors (Lipinski definition) is 26. The van der Waals surface area contributed by atoms with Gasteiger partial charge in [-0.3, -0.25) is 0 Å². The van der Waals surface area contributed by atoms with Crippen LogP contribution in [0.15, 0.2) is 0 Å². The van der Waals surface area contributed by atoms with Gasteiger partial charge in [-0.05, 0) is 0 Å². The fourth-order valence-corrected chi connectivity index (χ4v) is 6.61. The van der Waals surface area contributed by atoms with Gasteiger partial charge in [-0.15, -0.1) is 0 Å². The minimum absolute atomic E-state index is 0.669. The van der Waals surface area contributed by atoms with E-state index in [1.54, 1.807) is 0 Å². The zero-order valence-electron chi connectivity index (χ0n) is 29.2. The largest absolute Gasteiger partial charge is 0.394 e. The van der Waals surface area contributed by atoms with Gasteiger partial charge in [-0.25, -0.2) is 0 Å². The molecule has 0 spiro atoms. The highest BCUT2D eigenvalue weighted by Gasteiger charge is 2.51. The van der Waals surface area contributed by atoms with Crippen molar-refractivity contribution < 1.29 is 129 Å². The van der Waals surface area contributed by atoms with Crippen LogP contribution in [0.4, 0.5) is 0 Å². The highest BCUT2D eigenvalue weighted by atomic mass is 16.8. The maximum atomic E-state index is 10.6. The van der Waals surface area contributed by atoms with Crippen molar-refractivity contribution in [2.24, 2.45) is 0 Å². The molecule has 0 aromatic rings. The molecule has 5 heterocycles. The Morgan fingerprint density at radius 3 is 0.786 bits per heavy atom. The quantitative estimate of drug-likeness (QED) is 0.0819. The molecule has 0 radical (unpaired) electrons. The van der Waals surface area contributed by atoms with Gasteiger partial charge in [0.1, 0.15) is 122 Å². The average molecular weight is 829 g/mol. The van der Waals surface area contributed by atoms with Crippen LogP contribution in [0, 0.1) is 0 Å². The second-order valence-electron chi connectivity index (χ2n) is 14.1. The van der Waals surface area contributed by atoms with Crippen LogP contribution in [0.5, 0.6) is 0 Å². The van der Waals surface area contributed by atoms with Crippen molar-refractivity contribution in [2.45, 2.75) is 154 Å². The van der Waals surface area contributed by atoms with Crippen LogP contribution in [0.25, 0.3) is 0 Å². The molecule has 0 aromatic heterocycles. The predicted octanol–water partition coefficient (Wildman–Crippen LogP) is -11.9. The second-order valence-corrected chi connectivity index (χ2v) is 14.1. The van der Waals surface area contributed by atoms with Crippen LogP contribution >= 0.6 is 0 Å². The zero-order valence-corrected chi connectivity index (χ0v) is 29.2. The van der Waals surface area contributed by atoms with E-state index in [4.69, 9.17) is 42.6 Å². The predicted molar refractivity (Wildman–Crippen MR) is 167 cm³/mol. The van der Waals surface area contributed by atoms with Crippen molar-refractivity contribution in [3.05, 3.63) is 0 Å². The molecule has 0 amide bonds. The first kappa shape index (κ1) is 46.0. The first-order valence-corrected chi connectivity index (χ1v) is 17.6. The summed E-state index contributed by atoms with van der Waals surface area (Å²) in [5.74, 6) is 0. The maximum Gasteiger partial charge on any atom is 0.186 e. The van der Waals surface area contributed by atoms with Crippen LogP contribution in [0.2, 0.25) is 0 Å². The van der Waals surface area contributed by atoms with Crippen LogP contribution in [0.3, 0.4) is 0 Å². The molecular weight excluding hydrogens is 776 g/mol. The molecule has 0 aliphatic carbocycles. The van der Waals surface area contributed by atoms with E-state index in [-0.39, 0.29) is 0 Å². The van der Waals surface area contributed by atoms with E-state index < -0.39 is 187 Å². The minimum atomic E-state index is -1.96. The van der Waals surface area contributed by atoms with Gasteiger partial charge >= 0.3 is 0 Å². The normalized spacial score (nSPS) is 53.2. The molecule has 25 atom stereocenters. The molecule has 5 rings (SSSR count). The Morgan fingerprint density at radius 1 is 0.268 bits per heavy atom. The summed E-state index contributed by atoms with van der Waals surface area (Å²) in [7, 11) is 0. The number of aliphatic hydroxyl groups excluding tert-OH is 17. The Hall–Kier alpha value is -1.04. The number of hydrogen-bond donors (Lipinski definition) is 17. The second kappa shape index (κ2) is 19.6. The first-order valence-electron chi connectivity index (χ1n) is 17.6. The van der Waals surface area contributed by atoms with Gasteiger partial charge in [0.15, 0.2) is 31.5 Å². The van der Waals surface area contributed by atoms with Gasteiger partial charge in [0.2, 0.25) is 0 Å². The summed E-state index contributed by atoms with van der Waals surface area (Å²) in [6.07, 6.45) is -44.0. The lowest BCUT2D eigenvalue weighted by Gasteiger charge is -2.44. The molecule has 56 heavy (non-hydrogen) atoms. The highest BCUT2D eigenvalue weighted by Crippen LogP contribution is 2.30. The van der Waals surface area contributed by atoms with Crippen LogP contribution < -0.4 is 0 Å². The third-order valence-corrected chi connectivity index (χ3v) is 10.2. The number of aliphatic hydroxyl groups is 17. The van der Waals surface area contributed by atoms with E-state index in [2.05, 4.69) is 0 Å². The molecule has 0 bridgehead atoms. The van der Waals surface area contributed by atoms with Crippen LogP contribution in [-0.2, 0) is 42.6 Å². The minimum Gasteiger partial charge on any atom is -0.394 e. The lowest BCUT2D eigenvalue weighted by atomic mass is 9.97. The molecule has 17 N–H and O–H groups in total. The summed E-state index contributed by atoms with van der Waals surface area (Å²) in [4.78, 5) is 0. The number of rotatable bonds is 13. The fraction of sp³-hybridized carbons (Fsp3) is 1.00. The maximum absolute atomic E-state index is 10.6. The van der Waals surface area contributed by atoms with Gasteiger partial charge in [-0.1, -0.05) is 0 Å². The van der Waals surface area contributed by atoms with Crippen molar-refractivity contribution in [1.29, 1.82) is 0 Å². The van der Waals surface area contributed by atoms with Crippen molar-refractivity contribution in [2.75, 3.05) is 33.0 Å². The van der Waals surface area contributed by atoms with E-state index in [9.17, 15) is 86.8 Å². The van der Waals surface area contributed by atoms with E-state index in [0.29, 0.717) is 0 Å². The summed E-state index contributed by atoms with van der Waals surface area (Å²) in [5, 5.41) is 173. The molecule has 26 nitrogen and oxygen atoms in total. The number of ether oxygens (including phenoxy) is 9. The van der Waals surface area contributed by atoms with Gasteiger partial charge in [0.25, 0.3) is 0 Å². The van der Waals surface area contributed by atoms with Gasteiger partial charge < -0.3 is 129 Å². The van der Waals surface area contributed by atoms with E-state index >= 15 is 0 Å². The summed E-state index contributed by atoms with van der Waals surface area (Å²) < 4.78 is 48.5. The monoisotopic (exact) mass is 828 g/mol. The van der Waals surface area contributed by atoms with Crippen molar-refractivity contribution in [3.63, 3.8) is 0 Å². The fourth-order valence-electron chi connectivity index (χ4n) is 6.61. The third kappa shape index (κ3) is 9.77. The smallest absolute Gasteiger partial charge is 0.186 e. The molecule has 26 heteroatoms. The van der Waals surface area contributed by atoms with Gasteiger partial charge in [0.05, 0.1) is 33.0 Å². The van der Waals surface area contributed by atoms with Gasteiger partial charge in [0, 0.05) is 0 Å². The molecule has 0 aromatic carbocycles. The summed E-state index contributed by atoms with van der Waals surface area (Å²) in [6, 6.07) is 0. The van der Waals surface area contributed by atoms with Crippen molar-refractivity contribution in [1.82, 2.24) is 0 Å². The first-order chi connectivity index (χ1) is 26.4. The lowest BCUT2D eigenvalue weighted by molar-refractivity contribution is -0.350. The lowest BCUT2D eigenvalue weighted by Crippen LogP contribution is -2.63. The average Bonchev–Trinajstić information content (AvgIpc) is 3.18. The zero-order chi connectivity index (χ0) is 41.3. The van der Waals surface area contributed by atoms with E-state index in [1.807, 2.05) is 0 Å². The summed E-state index contributed by atoms with van der Waals surface area (Å²) in [6.45, 7) is -3.57. The molecule has 5 fully saturated rings. The topological polar surface area (TPSA) is 427 Å². The molecular formula is C30H52O26. The van der Waals surface area contributed by atoms with Crippen molar-refractivity contribution in [3.8, 4) is 0 Å². The highest BCUT2D eigenvalue weighted by molar-refractivity contribution is 4.95. The summed E-state index contributed by atoms with van der Waals surface area (Å²) in [5.41, 5.74) is 0.